The normalized spacial score (nSPS) is 15.2. The van der Waals surface area contributed by atoms with Crippen molar-refractivity contribution in [1.82, 2.24) is 15.1 Å². The van der Waals surface area contributed by atoms with Gasteiger partial charge in [0, 0.05) is 38.3 Å². The molecule has 180 valence electrons. The van der Waals surface area contributed by atoms with Gasteiger partial charge in [-0.2, -0.15) is 0 Å². The molecule has 5 heteroatoms. The topological polar surface area (TPSA) is 48.7 Å². The number of likely N-dealkylation sites (tertiary alicyclic amines) is 1. The highest BCUT2D eigenvalue weighted by atomic mass is 16.4. The Morgan fingerprint density at radius 2 is 1.74 bits per heavy atom. The minimum absolute atomic E-state index is 0.109. The molecule has 1 aliphatic rings. The summed E-state index contributed by atoms with van der Waals surface area (Å²) in [6.45, 7) is 11.0. The maximum absolute atomic E-state index is 12.8. The van der Waals surface area contributed by atoms with Gasteiger partial charge in [0.2, 0.25) is 0 Å². The van der Waals surface area contributed by atoms with E-state index in [9.17, 15) is 4.79 Å². The molecule has 1 N–H and O–H groups in total. The second kappa shape index (κ2) is 11.5. The molecule has 5 nitrogen and oxygen atoms in total. The van der Waals surface area contributed by atoms with E-state index >= 15 is 0 Å². The van der Waals surface area contributed by atoms with Crippen molar-refractivity contribution in [2.45, 2.75) is 65.3 Å². The third-order valence-corrected chi connectivity index (χ3v) is 6.61. The molecule has 0 unspecified atom stereocenters. The van der Waals surface area contributed by atoms with Gasteiger partial charge >= 0.3 is 0 Å². The van der Waals surface area contributed by atoms with E-state index in [2.05, 4.69) is 90.5 Å². The third-order valence-electron chi connectivity index (χ3n) is 6.61. The Hall–Kier alpha value is -2.89. The van der Waals surface area contributed by atoms with Crippen molar-refractivity contribution in [2.24, 2.45) is 0 Å². The lowest BCUT2D eigenvalue weighted by Gasteiger charge is -2.32. The molecule has 34 heavy (non-hydrogen) atoms. The molecule has 0 radical (unpaired) electrons. The largest absolute Gasteiger partial charge is 0.455 e. The number of rotatable bonds is 9. The van der Waals surface area contributed by atoms with Gasteiger partial charge in [-0.25, -0.2) is 0 Å². The second-order valence-electron chi connectivity index (χ2n) is 9.76. The molecule has 0 bridgehead atoms. The predicted octanol–water partition coefficient (Wildman–Crippen LogP) is 5.39. The zero-order valence-electron chi connectivity index (χ0n) is 20.7. The first-order valence-corrected chi connectivity index (χ1v) is 12.4. The average Bonchev–Trinajstić information content (AvgIpc) is 3.29. The Kier molecular flexibility index (Phi) is 8.20. The van der Waals surface area contributed by atoms with Crippen molar-refractivity contribution in [3.63, 3.8) is 0 Å². The van der Waals surface area contributed by atoms with E-state index in [0.717, 1.165) is 44.8 Å². The summed E-state index contributed by atoms with van der Waals surface area (Å²) in [6.07, 6.45) is 1.92. The number of carbonyl (C=O) groups excluding carboxylic acids is 1. The molecular weight excluding hydrogens is 422 g/mol. The lowest BCUT2D eigenvalue weighted by molar-refractivity contribution is 0.0876. The van der Waals surface area contributed by atoms with Gasteiger partial charge in [-0.1, -0.05) is 60.2 Å². The van der Waals surface area contributed by atoms with Crippen LogP contribution in [0.4, 0.5) is 0 Å². The summed E-state index contributed by atoms with van der Waals surface area (Å²) in [5.74, 6) is 1.12. The molecule has 0 spiro atoms. The maximum atomic E-state index is 12.8. The molecule has 3 aromatic rings. The highest BCUT2D eigenvalue weighted by Crippen LogP contribution is 2.18. The Bertz CT molecular complexity index is 1050. The maximum Gasteiger partial charge on any atom is 0.287 e. The van der Waals surface area contributed by atoms with Gasteiger partial charge in [-0.3, -0.25) is 14.6 Å². The van der Waals surface area contributed by atoms with Crippen LogP contribution in [0.15, 0.2) is 71.1 Å². The van der Waals surface area contributed by atoms with Crippen LogP contribution in [0.2, 0.25) is 0 Å². The second-order valence-corrected chi connectivity index (χ2v) is 9.76. The van der Waals surface area contributed by atoms with E-state index in [1.54, 1.807) is 6.07 Å². The fourth-order valence-corrected chi connectivity index (χ4v) is 4.58. The number of piperidine rings is 1. The third kappa shape index (κ3) is 6.81. The fourth-order valence-electron chi connectivity index (χ4n) is 4.58. The van der Waals surface area contributed by atoms with Crippen molar-refractivity contribution in [2.75, 3.05) is 13.1 Å². The van der Waals surface area contributed by atoms with Gasteiger partial charge in [-0.15, -0.1) is 0 Å². The summed E-state index contributed by atoms with van der Waals surface area (Å²) in [5, 5.41) is 3.18. The zero-order chi connectivity index (χ0) is 23.9. The lowest BCUT2D eigenvalue weighted by Crippen LogP contribution is -2.44. The van der Waals surface area contributed by atoms with Crippen LogP contribution in [0.3, 0.4) is 0 Å². The summed E-state index contributed by atoms with van der Waals surface area (Å²) in [6, 6.07) is 23.5. The molecular formula is C29H37N3O2. The number of hydrogen-bond donors (Lipinski definition) is 1. The van der Waals surface area contributed by atoms with E-state index in [-0.39, 0.29) is 11.9 Å². The average molecular weight is 460 g/mol. The number of nitrogens with one attached hydrogen (secondary N) is 1. The summed E-state index contributed by atoms with van der Waals surface area (Å²) < 4.78 is 5.97. The quantitative estimate of drug-likeness (QED) is 0.466. The van der Waals surface area contributed by atoms with E-state index < -0.39 is 0 Å². The smallest absolute Gasteiger partial charge is 0.287 e. The van der Waals surface area contributed by atoms with Crippen LogP contribution in [0.5, 0.6) is 0 Å². The van der Waals surface area contributed by atoms with Crippen LogP contribution >= 0.6 is 0 Å². The van der Waals surface area contributed by atoms with Crippen molar-refractivity contribution < 1.29 is 9.21 Å². The highest BCUT2D eigenvalue weighted by molar-refractivity contribution is 5.91. The molecule has 0 aliphatic carbocycles. The lowest BCUT2D eigenvalue weighted by atomic mass is 10.0. The minimum Gasteiger partial charge on any atom is -0.455 e. The molecule has 2 heterocycles. The number of hydrogen-bond acceptors (Lipinski definition) is 4. The summed E-state index contributed by atoms with van der Waals surface area (Å²) >= 11 is 0. The van der Waals surface area contributed by atoms with Crippen molar-refractivity contribution in [3.05, 3.63) is 94.9 Å². The Morgan fingerprint density at radius 1 is 1.00 bits per heavy atom. The molecule has 0 atom stereocenters. The van der Waals surface area contributed by atoms with Gasteiger partial charge in [0.25, 0.3) is 5.91 Å². The molecule has 1 aliphatic heterocycles. The SMILES string of the molecule is Cc1cccc(CN(Cc2ccc(C(=O)NC3CCN(Cc4ccccc4)CC3)o2)C(C)C)c1. The summed E-state index contributed by atoms with van der Waals surface area (Å²) in [7, 11) is 0. The Morgan fingerprint density at radius 3 is 2.44 bits per heavy atom. The molecule has 4 rings (SSSR count). The summed E-state index contributed by atoms with van der Waals surface area (Å²) in [5.41, 5.74) is 3.90. The summed E-state index contributed by atoms with van der Waals surface area (Å²) in [4.78, 5) is 17.6. The first-order chi connectivity index (χ1) is 16.5. The number of nitrogens with zero attached hydrogens (tertiary/aromatic N) is 2. The van der Waals surface area contributed by atoms with E-state index in [1.165, 1.54) is 16.7 Å². The van der Waals surface area contributed by atoms with Crippen LogP contribution in [0.1, 0.15) is 59.7 Å². The Balaban J connectivity index is 1.27. The Labute approximate surface area is 203 Å². The molecule has 1 saturated heterocycles. The van der Waals surface area contributed by atoms with Crippen LogP contribution in [0, 0.1) is 6.92 Å². The van der Waals surface area contributed by atoms with Crippen LogP contribution in [0.25, 0.3) is 0 Å². The van der Waals surface area contributed by atoms with E-state index in [0.29, 0.717) is 18.3 Å². The predicted molar refractivity (Wildman–Crippen MR) is 136 cm³/mol. The van der Waals surface area contributed by atoms with Crippen LogP contribution < -0.4 is 5.32 Å². The van der Waals surface area contributed by atoms with Crippen molar-refractivity contribution in [3.8, 4) is 0 Å². The molecule has 0 saturated carbocycles. The van der Waals surface area contributed by atoms with Gasteiger partial charge in [0.05, 0.1) is 6.54 Å². The number of aryl methyl sites for hydroxylation is 1. The molecule has 2 aromatic carbocycles. The van der Waals surface area contributed by atoms with Crippen LogP contribution in [-0.4, -0.2) is 40.9 Å². The van der Waals surface area contributed by atoms with Crippen molar-refractivity contribution in [1.29, 1.82) is 0 Å². The van der Waals surface area contributed by atoms with Crippen LogP contribution in [-0.2, 0) is 19.6 Å². The number of carbonyl (C=O) groups is 1. The number of amides is 1. The van der Waals surface area contributed by atoms with Crippen molar-refractivity contribution >= 4 is 5.91 Å². The molecule has 1 aromatic heterocycles. The first kappa shape index (κ1) is 24.2. The van der Waals surface area contributed by atoms with Gasteiger partial charge in [0.1, 0.15) is 5.76 Å². The van der Waals surface area contributed by atoms with Gasteiger partial charge in [0.15, 0.2) is 5.76 Å². The zero-order valence-corrected chi connectivity index (χ0v) is 20.7. The highest BCUT2D eigenvalue weighted by Gasteiger charge is 2.23. The molecule has 1 fully saturated rings. The first-order valence-electron chi connectivity index (χ1n) is 12.4. The molecule has 1 amide bonds. The standard InChI is InChI=1S/C29H37N3O2/c1-22(2)32(20-25-11-7-8-23(3)18-25)21-27-12-13-28(34-27)29(33)30-26-14-16-31(17-15-26)19-24-9-5-4-6-10-24/h4-13,18,22,26H,14-17,19-21H2,1-3H3,(H,30,33). The fraction of sp³-hybridized carbons (Fsp3) is 0.414. The van der Waals surface area contributed by atoms with Gasteiger partial charge < -0.3 is 9.73 Å². The van der Waals surface area contributed by atoms with E-state index in [4.69, 9.17) is 4.42 Å². The number of furan rings is 1. The number of benzene rings is 2. The van der Waals surface area contributed by atoms with E-state index in [1.807, 2.05) is 6.07 Å². The minimum atomic E-state index is -0.109. The monoisotopic (exact) mass is 459 g/mol. The van der Waals surface area contributed by atoms with Gasteiger partial charge in [-0.05, 0) is 56.9 Å².